The van der Waals surface area contributed by atoms with Crippen molar-refractivity contribution in [3.63, 3.8) is 0 Å². The second kappa shape index (κ2) is 7.96. The number of thiophene rings is 1. The van der Waals surface area contributed by atoms with E-state index in [-0.39, 0.29) is 18.0 Å². The maximum atomic E-state index is 13.1. The molecule has 0 aliphatic heterocycles. The van der Waals surface area contributed by atoms with Gasteiger partial charge in [0.2, 0.25) is 0 Å². The van der Waals surface area contributed by atoms with Gasteiger partial charge in [-0.05, 0) is 67.1 Å². The highest BCUT2D eigenvalue weighted by Crippen LogP contribution is 2.36. The van der Waals surface area contributed by atoms with Crippen molar-refractivity contribution in [2.75, 3.05) is 0 Å². The van der Waals surface area contributed by atoms with Gasteiger partial charge in [0.1, 0.15) is 28.8 Å². The van der Waals surface area contributed by atoms with Gasteiger partial charge in [-0.15, -0.1) is 11.3 Å². The third-order valence-electron chi connectivity index (χ3n) is 5.33. The number of hydrogen-bond donors (Lipinski definition) is 1. The SMILES string of the molecule is O=c1[nH]c(-c2cc(Br)ccc2OCc2ccc(F)cc2)nc2sc3c(c12)CCCC3. The maximum Gasteiger partial charge on any atom is 0.260 e. The van der Waals surface area contributed by atoms with Crippen LogP contribution >= 0.6 is 27.3 Å². The van der Waals surface area contributed by atoms with Crippen LogP contribution in [0.5, 0.6) is 5.75 Å². The average Bonchev–Trinajstić information content (AvgIpc) is 3.13. The summed E-state index contributed by atoms with van der Waals surface area (Å²) in [6.45, 7) is 0.286. The Hall–Kier alpha value is -2.51. The first-order chi connectivity index (χ1) is 14.6. The maximum absolute atomic E-state index is 13.1. The number of aromatic amines is 1. The van der Waals surface area contributed by atoms with Crippen LogP contribution in [0, 0.1) is 5.82 Å². The van der Waals surface area contributed by atoms with Crippen LogP contribution in [0.1, 0.15) is 28.8 Å². The molecule has 0 radical (unpaired) electrons. The van der Waals surface area contributed by atoms with Crippen LogP contribution in [0.2, 0.25) is 0 Å². The van der Waals surface area contributed by atoms with E-state index in [9.17, 15) is 9.18 Å². The molecule has 1 aliphatic rings. The van der Waals surface area contributed by atoms with Crippen LogP contribution in [-0.4, -0.2) is 9.97 Å². The molecule has 0 amide bonds. The zero-order chi connectivity index (χ0) is 20.7. The topological polar surface area (TPSA) is 55.0 Å². The minimum Gasteiger partial charge on any atom is -0.488 e. The highest BCUT2D eigenvalue weighted by atomic mass is 79.9. The molecule has 7 heteroatoms. The van der Waals surface area contributed by atoms with Crippen LogP contribution in [-0.2, 0) is 19.4 Å². The molecule has 152 valence electrons. The van der Waals surface area contributed by atoms with Gasteiger partial charge in [-0.1, -0.05) is 28.1 Å². The van der Waals surface area contributed by atoms with Crippen molar-refractivity contribution in [2.24, 2.45) is 0 Å². The molecule has 0 atom stereocenters. The molecule has 30 heavy (non-hydrogen) atoms. The van der Waals surface area contributed by atoms with Crippen molar-refractivity contribution >= 4 is 37.5 Å². The van der Waals surface area contributed by atoms with Gasteiger partial charge in [0.05, 0.1) is 10.9 Å². The lowest BCUT2D eigenvalue weighted by Gasteiger charge is -2.12. The third-order valence-corrected chi connectivity index (χ3v) is 7.01. The second-order valence-electron chi connectivity index (χ2n) is 7.36. The van der Waals surface area contributed by atoms with Crippen molar-refractivity contribution in [1.82, 2.24) is 9.97 Å². The molecule has 2 aromatic carbocycles. The number of aromatic nitrogens is 2. The summed E-state index contributed by atoms with van der Waals surface area (Å²) in [5.41, 5.74) is 2.63. The van der Waals surface area contributed by atoms with E-state index in [4.69, 9.17) is 9.72 Å². The number of H-pyrrole nitrogens is 1. The summed E-state index contributed by atoms with van der Waals surface area (Å²) in [5, 5.41) is 0.738. The van der Waals surface area contributed by atoms with E-state index in [2.05, 4.69) is 20.9 Å². The zero-order valence-electron chi connectivity index (χ0n) is 16.0. The number of nitrogens with one attached hydrogen (secondary N) is 1. The molecule has 0 spiro atoms. The summed E-state index contributed by atoms with van der Waals surface area (Å²) in [4.78, 5) is 22.8. The molecule has 0 saturated heterocycles. The Labute approximate surface area is 184 Å². The number of fused-ring (bicyclic) bond motifs is 3. The first-order valence-electron chi connectivity index (χ1n) is 9.80. The molecule has 0 unspecified atom stereocenters. The first-order valence-corrected chi connectivity index (χ1v) is 11.4. The average molecular weight is 485 g/mol. The predicted octanol–water partition coefficient (Wildman–Crippen LogP) is 6.01. The van der Waals surface area contributed by atoms with E-state index in [1.807, 2.05) is 18.2 Å². The lowest BCUT2D eigenvalue weighted by atomic mass is 9.97. The molecule has 2 aromatic heterocycles. The monoisotopic (exact) mass is 484 g/mol. The number of hydrogen-bond acceptors (Lipinski definition) is 4. The quantitative estimate of drug-likeness (QED) is 0.385. The third kappa shape index (κ3) is 3.68. The normalized spacial score (nSPS) is 13.4. The number of ether oxygens (including phenoxy) is 1. The Morgan fingerprint density at radius 2 is 1.93 bits per heavy atom. The molecule has 4 aromatic rings. The van der Waals surface area contributed by atoms with Gasteiger partial charge in [0, 0.05) is 9.35 Å². The first kappa shape index (κ1) is 19.5. The molecule has 0 fully saturated rings. The Morgan fingerprint density at radius 3 is 2.77 bits per heavy atom. The van der Waals surface area contributed by atoms with E-state index in [1.165, 1.54) is 22.6 Å². The Kier molecular flexibility index (Phi) is 5.16. The van der Waals surface area contributed by atoms with Crippen LogP contribution in [0.25, 0.3) is 21.6 Å². The summed E-state index contributed by atoms with van der Waals surface area (Å²) >= 11 is 5.12. The van der Waals surface area contributed by atoms with Crippen molar-refractivity contribution < 1.29 is 9.13 Å². The zero-order valence-corrected chi connectivity index (χ0v) is 18.4. The summed E-state index contributed by atoms with van der Waals surface area (Å²) in [6, 6.07) is 11.8. The van der Waals surface area contributed by atoms with Gasteiger partial charge in [0.15, 0.2) is 0 Å². The van der Waals surface area contributed by atoms with Crippen LogP contribution in [0.4, 0.5) is 4.39 Å². The Morgan fingerprint density at radius 1 is 1.13 bits per heavy atom. The number of rotatable bonds is 4. The molecule has 2 heterocycles. The molecule has 0 saturated carbocycles. The fourth-order valence-corrected chi connectivity index (χ4v) is 5.47. The van der Waals surface area contributed by atoms with E-state index in [1.54, 1.807) is 23.5 Å². The summed E-state index contributed by atoms with van der Waals surface area (Å²) in [5.74, 6) is 0.810. The number of nitrogens with zero attached hydrogens (tertiary/aromatic N) is 1. The summed E-state index contributed by atoms with van der Waals surface area (Å²) in [7, 11) is 0. The van der Waals surface area contributed by atoms with Crippen molar-refractivity contribution in [1.29, 1.82) is 0 Å². The van der Waals surface area contributed by atoms with Gasteiger partial charge in [-0.3, -0.25) is 4.79 Å². The lowest BCUT2D eigenvalue weighted by molar-refractivity contribution is 0.307. The summed E-state index contributed by atoms with van der Waals surface area (Å²) < 4.78 is 20.0. The highest BCUT2D eigenvalue weighted by Gasteiger charge is 2.21. The molecular formula is C23H18BrFN2O2S. The van der Waals surface area contributed by atoms with Gasteiger partial charge < -0.3 is 9.72 Å². The smallest absolute Gasteiger partial charge is 0.260 e. The van der Waals surface area contributed by atoms with Gasteiger partial charge in [-0.25, -0.2) is 9.37 Å². The van der Waals surface area contributed by atoms with Crippen molar-refractivity contribution in [3.05, 3.63) is 79.1 Å². The minimum atomic E-state index is -0.281. The number of aryl methyl sites for hydroxylation is 2. The molecular weight excluding hydrogens is 467 g/mol. The molecule has 1 N–H and O–H groups in total. The molecule has 4 nitrogen and oxygen atoms in total. The Balaban J connectivity index is 1.54. The van der Waals surface area contributed by atoms with Crippen LogP contribution < -0.4 is 10.3 Å². The molecule has 0 bridgehead atoms. The van der Waals surface area contributed by atoms with E-state index in [0.29, 0.717) is 17.1 Å². The van der Waals surface area contributed by atoms with E-state index in [0.717, 1.165) is 45.9 Å². The highest BCUT2D eigenvalue weighted by molar-refractivity contribution is 9.10. The number of benzene rings is 2. The fraction of sp³-hybridized carbons (Fsp3) is 0.217. The van der Waals surface area contributed by atoms with Crippen molar-refractivity contribution in [2.45, 2.75) is 32.3 Å². The van der Waals surface area contributed by atoms with Crippen LogP contribution in [0.3, 0.4) is 0 Å². The fourth-order valence-electron chi connectivity index (χ4n) is 3.85. The molecule has 5 rings (SSSR count). The van der Waals surface area contributed by atoms with Gasteiger partial charge >= 0.3 is 0 Å². The molecule has 1 aliphatic carbocycles. The van der Waals surface area contributed by atoms with E-state index >= 15 is 0 Å². The standard InChI is InChI=1S/C23H18BrFN2O2S/c24-14-7-10-18(29-12-13-5-8-15(25)9-6-13)17(11-14)21-26-22(28)20-16-3-1-2-4-19(16)30-23(20)27-21/h5-11H,1-4,12H2,(H,26,27,28). The van der Waals surface area contributed by atoms with E-state index < -0.39 is 0 Å². The van der Waals surface area contributed by atoms with Crippen LogP contribution in [0.15, 0.2) is 51.7 Å². The largest absolute Gasteiger partial charge is 0.488 e. The predicted molar refractivity (Wildman–Crippen MR) is 121 cm³/mol. The lowest BCUT2D eigenvalue weighted by Crippen LogP contribution is -2.11. The number of halogens is 2. The summed E-state index contributed by atoms with van der Waals surface area (Å²) in [6.07, 6.45) is 4.25. The van der Waals surface area contributed by atoms with Gasteiger partial charge in [0.25, 0.3) is 5.56 Å². The Bertz CT molecular complexity index is 1300. The minimum absolute atomic E-state index is 0.0983. The van der Waals surface area contributed by atoms with Crippen molar-refractivity contribution in [3.8, 4) is 17.1 Å². The van der Waals surface area contributed by atoms with Gasteiger partial charge in [-0.2, -0.15) is 0 Å². The second-order valence-corrected chi connectivity index (χ2v) is 9.36.